The van der Waals surface area contributed by atoms with Gasteiger partial charge >= 0.3 is 35.8 Å². The van der Waals surface area contributed by atoms with E-state index in [9.17, 15) is 59.1 Å². The van der Waals surface area contributed by atoms with E-state index < -0.39 is 64.3 Å². The van der Waals surface area contributed by atoms with E-state index in [0.29, 0.717) is 51.4 Å². The van der Waals surface area contributed by atoms with Crippen LogP contribution in [-0.2, 0) is 52.6 Å². The summed E-state index contributed by atoms with van der Waals surface area (Å²) in [6.45, 7) is -1.56. The Morgan fingerprint density at radius 1 is 0.444 bits per heavy atom. The minimum absolute atomic E-state index is 0.0146. The van der Waals surface area contributed by atoms with E-state index in [1.165, 1.54) is 30.3 Å². The largest absolute Gasteiger partial charge is 0.463 e. The second kappa shape index (κ2) is 34.0. The zero-order valence-corrected chi connectivity index (χ0v) is 35.6. The zero-order valence-electron chi connectivity index (χ0n) is 34.1. The SMILES string of the molecule is O=C(COC(=O)c1ccccc1OC(=O)CCCCCBr)OCCCCO[N+](=O)[O-].O=C(COC(=O)c1ccccc1OC(=O)CCCCCO[N+](=O)[O-])OCCCCO[N+](=O)[O-]. The molecule has 2 rings (SSSR count). The first-order valence-electron chi connectivity index (χ1n) is 19.4. The maximum Gasteiger partial charge on any atom is 0.344 e. The Labute approximate surface area is 368 Å². The number of benzene rings is 2. The van der Waals surface area contributed by atoms with Gasteiger partial charge in [-0.25, -0.2) is 19.2 Å². The molecule has 0 aliphatic heterocycles. The number of unbranched alkanes of at least 4 members (excludes halogenated alkanes) is 6. The lowest BCUT2D eigenvalue weighted by molar-refractivity contribution is -0.757. The Morgan fingerprint density at radius 3 is 1.17 bits per heavy atom. The molecule has 24 nitrogen and oxygen atoms in total. The molecule has 63 heavy (non-hydrogen) atoms. The monoisotopic (exact) mass is 961 g/mol. The van der Waals surface area contributed by atoms with Gasteiger partial charge in [0.15, 0.2) is 13.2 Å². The summed E-state index contributed by atoms with van der Waals surface area (Å²) in [6, 6.07) is 11.9. The molecule has 0 N–H and O–H groups in total. The van der Waals surface area contributed by atoms with Gasteiger partial charge in [-0.2, -0.15) is 0 Å². The highest BCUT2D eigenvalue weighted by Gasteiger charge is 2.19. The predicted molar refractivity (Wildman–Crippen MR) is 215 cm³/mol. The number of para-hydroxylation sites is 2. The van der Waals surface area contributed by atoms with E-state index >= 15 is 0 Å². The normalized spacial score (nSPS) is 10.1. The molecular formula is C38H48BrN3O21. The van der Waals surface area contributed by atoms with Crippen LogP contribution >= 0.6 is 15.9 Å². The number of halogens is 1. The Balaban J connectivity index is 0.000000633. The van der Waals surface area contributed by atoms with Crippen molar-refractivity contribution >= 4 is 51.7 Å². The third kappa shape index (κ3) is 28.5. The first-order valence-corrected chi connectivity index (χ1v) is 20.5. The van der Waals surface area contributed by atoms with Gasteiger partial charge < -0.3 is 42.9 Å². The van der Waals surface area contributed by atoms with Crippen molar-refractivity contribution in [3.8, 4) is 11.5 Å². The summed E-state index contributed by atoms with van der Waals surface area (Å²) in [5.41, 5.74) is -0.0361. The molecule has 25 heteroatoms. The molecule has 2 aromatic rings. The molecule has 0 bridgehead atoms. The average Bonchev–Trinajstić information content (AvgIpc) is 3.24. The summed E-state index contributed by atoms with van der Waals surface area (Å²) in [5, 5.41) is 28.2. The number of esters is 6. The van der Waals surface area contributed by atoms with Gasteiger partial charge in [-0.3, -0.25) is 9.59 Å². The van der Waals surface area contributed by atoms with Crippen molar-refractivity contribution in [2.24, 2.45) is 0 Å². The van der Waals surface area contributed by atoms with Gasteiger partial charge in [0, 0.05) is 18.2 Å². The summed E-state index contributed by atoms with van der Waals surface area (Å²) < 4.78 is 29.9. The van der Waals surface area contributed by atoms with E-state index in [1.54, 1.807) is 18.2 Å². The molecule has 0 aliphatic carbocycles. The fourth-order valence-corrected chi connectivity index (χ4v) is 4.97. The fraction of sp³-hybridized carbons (Fsp3) is 0.526. The highest BCUT2D eigenvalue weighted by atomic mass is 79.9. The van der Waals surface area contributed by atoms with Gasteiger partial charge in [0.1, 0.15) is 22.6 Å². The van der Waals surface area contributed by atoms with Crippen LogP contribution in [0.3, 0.4) is 0 Å². The summed E-state index contributed by atoms with van der Waals surface area (Å²) in [5.74, 6) is -4.33. The van der Waals surface area contributed by atoms with E-state index in [4.69, 9.17) is 28.4 Å². The van der Waals surface area contributed by atoms with Crippen LogP contribution in [0.1, 0.15) is 97.8 Å². The Morgan fingerprint density at radius 2 is 0.794 bits per heavy atom. The summed E-state index contributed by atoms with van der Waals surface area (Å²) in [7, 11) is 0. The molecule has 0 amide bonds. The van der Waals surface area contributed by atoms with E-state index in [2.05, 4.69) is 30.4 Å². The van der Waals surface area contributed by atoms with E-state index in [0.717, 1.165) is 18.2 Å². The smallest absolute Gasteiger partial charge is 0.344 e. The minimum atomic E-state index is -0.918. The number of ether oxygens (including phenoxy) is 6. The van der Waals surface area contributed by atoms with Gasteiger partial charge in [-0.05, 0) is 75.6 Å². The Bertz CT molecular complexity index is 1780. The number of carbonyl (C=O) groups excluding carboxylic acids is 6. The maximum atomic E-state index is 12.2. The van der Waals surface area contributed by atoms with Gasteiger partial charge in [-0.1, -0.05) is 53.0 Å². The first kappa shape index (κ1) is 54.4. The molecule has 0 aliphatic rings. The van der Waals surface area contributed by atoms with Gasteiger partial charge in [0.2, 0.25) is 0 Å². The van der Waals surface area contributed by atoms with E-state index in [-0.39, 0.29) is 68.5 Å². The van der Waals surface area contributed by atoms with Crippen LogP contribution in [0.5, 0.6) is 11.5 Å². The lowest BCUT2D eigenvalue weighted by atomic mass is 10.2. The third-order valence-corrected chi connectivity index (χ3v) is 8.10. The number of hydrogen-bond donors (Lipinski definition) is 0. The molecule has 0 unspecified atom stereocenters. The molecule has 2 aromatic carbocycles. The molecule has 0 saturated heterocycles. The van der Waals surface area contributed by atoms with Crippen molar-refractivity contribution < 1.29 is 87.0 Å². The van der Waals surface area contributed by atoms with Crippen molar-refractivity contribution in [1.29, 1.82) is 0 Å². The fourth-order valence-electron chi connectivity index (χ4n) is 4.57. The number of rotatable bonds is 32. The van der Waals surface area contributed by atoms with Crippen LogP contribution < -0.4 is 9.47 Å². The third-order valence-electron chi connectivity index (χ3n) is 7.54. The summed E-state index contributed by atoms with van der Waals surface area (Å²) in [6.07, 6.45) is 5.44. The Hall–Kier alpha value is -6.66. The van der Waals surface area contributed by atoms with Crippen molar-refractivity contribution in [3.63, 3.8) is 0 Å². The lowest BCUT2D eigenvalue weighted by Gasteiger charge is -2.10. The maximum absolute atomic E-state index is 12.2. The predicted octanol–water partition coefficient (Wildman–Crippen LogP) is 5.29. The van der Waals surface area contributed by atoms with Crippen molar-refractivity contribution in [3.05, 3.63) is 90.0 Å². The molecule has 0 atom stereocenters. The summed E-state index contributed by atoms with van der Waals surface area (Å²) >= 11 is 3.32. The number of carbonyl (C=O) groups is 6. The Kier molecular flexibility index (Phi) is 29.3. The summed E-state index contributed by atoms with van der Waals surface area (Å²) in [4.78, 5) is 114. The lowest BCUT2D eigenvalue weighted by Crippen LogP contribution is -2.18. The molecule has 0 fully saturated rings. The molecule has 0 spiro atoms. The van der Waals surface area contributed by atoms with Gasteiger partial charge in [0.25, 0.3) is 15.3 Å². The number of nitrogens with zero attached hydrogens (tertiary/aromatic N) is 3. The van der Waals surface area contributed by atoms with Gasteiger partial charge in [0.05, 0.1) is 33.0 Å². The molecular weight excluding hydrogens is 914 g/mol. The van der Waals surface area contributed by atoms with Crippen LogP contribution in [0.15, 0.2) is 48.5 Å². The molecule has 0 radical (unpaired) electrons. The number of alkyl halides is 1. The second-order valence-corrected chi connectivity index (χ2v) is 13.2. The highest BCUT2D eigenvalue weighted by molar-refractivity contribution is 9.09. The van der Waals surface area contributed by atoms with Crippen LogP contribution in [0.2, 0.25) is 0 Å². The molecule has 0 heterocycles. The van der Waals surface area contributed by atoms with Gasteiger partial charge in [-0.15, -0.1) is 30.3 Å². The van der Waals surface area contributed by atoms with Crippen molar-refractivity contribution in [2.75, 3.05) is 51.6 Å². The van der Waals surface area contributed by atoms with Crippen LogP contribution in [0.25, 0.3) is 0 Å². The molecule has 0 saturated carbocycles. The second-order valence-electron chi connectivity index (χ2n) is 12.4. The van der Waals surface area contributed by atoms with Crippen molar-refractivity contribution in [1.82, 2.24) is 0 Å². The van der Waals surface area contributed by atoms with Crippen LogP contribution in [-0.4, -0.2) is 103 Å². The van der Waals surface area contributed by atoms with E-state index in [1.807, 2.05) is 0 Å². The standard InChI is InChI=1S/C19H24BrNO9.C19H24N2O12/c20-11-5-1-2-10-17(22)30-16-9-4-3-8-15(16)19(24)28-14-18(23)27-12-6-7-13-29-21(25)26;22-17(10-2-1-5-12-31-20(25)26)33-16-9-4-3-8-15(16)19(24)30-14-18(23)29-11-6-7-13-32-21(27)28/h3-4,8-9H,1-2,5-7,10-14H2;3-4,8-9H,1-2,5-7,10-14H2. The molecule has 0 aromatic heterocycles. The number of hydrogen-bond acceptors (Lipinski definition) is 21. The van der Waals surface area contributed by atoms with Crippen LogP contribution in [0.4, 0.5) is 0 Å². The zero-order chi connectivity index (χ0) is 46.7. The van der Waals surface area contributed by atoms with Crippen LogP contribution in [0, 0.1) is 30.3 Å². The van der Waals surface area contributed by atoms with Crippen molar-refractivity contribution in [2.45, 2.75) is 77.0 Å². The topological polar surface area (TPSA) is 315 Å². The highest BCUT2D eigenvalue weighted by Crippen LogP contribution is 2.21. The quantitative estimate of drug-likeness (QED) is 0.0171. The minimum Gasteiger partial charge on any atom is -0.463 e. The first-order chi connectivity index (χ1) is 30.2. The average molecular weight is 963 g/mol. The molecule has 348 valence electrons.